The van der Waals surface area contributed by atoms with Crippen LogP contribution in [0.4, 0.5) is 13.2 Å². The van der Waals surface area contributed by atoms with Crippen LogP contribution in [0.3, 0.4) is 0 Å². The molecule has 3 nitrogen and oxygen atoms in total. The zero-order valence-electron chi connectivity index (χ0n) is 10.2. The highest BCUT2D eigenvalue weighted by Crippen LogP contribution is 2.37. The van der Waals surface area contributed by atoms with Crippen LogP contribution < -0.4 is 5.43 Å². The van der Waals surface area contributed by atoms with Crippen LogP contribution in [0.1, 0.15) is 19.4 Å². The van der Waals surface area contributed by atoms with Crippen molar-refractivity contribution in [1.29, 1.82) is 0 Å². The van der Waals surface area contributed by atoms with E-state index in [0.29, 0.717) is 11.3 Å². The lowest BCUT2D eigenvalue weighted by Gasteiger charge is -2.17. The molecule has 0 radical (unpaired) electrons. The molecule has 0 fully saturated rings. The summed E-state index contributed by atoms with van der Waals surface area (Å²) in [6, 6.07) is 5.81. The molecule has 1 heterocycles. The van der Waals surface area contributed by atoms with Crippen molar-refractivity contribution in [3.8, 4) is 0 Å². The highest BCUT2D eigenvalue weighted by Gasteiger charge is 2.39. The van der Waals surface area contributed by atoms with Crippen molar-refractivity contribution in [3.05, 3.63) is 29.8 Å². The van der Waals surface area contributed by atoms with Crippen LogP contribution >= 0.6 is 11.8 Å². The summed E-state index contributed by atoms with van der Waals surface area (Å²) >= 11 is -0.170. The summed E-state index contributed by atoms with van der Waals surface area (Å²) in [4.78, 5) is 11.7. The van der Waals surface area contributed by atoms with E-state index in [0.717, 1.165) is 0 Å². The van der Waals surface area contributed by atoms with Gasteiger partial charge in [0.05, 0.1) is 11.1 Å². The van der Waals surface area contributed by atoms with E-state index in [1.54, 1.807) is 13.8 Å². The maximum atomic E-state index is 12.2. The molecule has 0 aromatic heterocycles. The fraction of sp³-hybridized carbons (Fsp3) is 0.333. The Morgan fingerprint density at radius 3 is 2.21 bits per heavy atom. The van der Waals surface area contributed by atoms with E-state index in [9.17, 15) is 18.0 Å². The van der Waals surface area contributed by atoms with Crippen molar-refractivity contribution in [2.45, 2.75) is 24.3 Å². The third-order valence-corrected chi connectivity index (χ3v) is 3.53. The molecule has 2 rings (SSSR count). The van der Waals surface area contributed by atoms with Crippen LogP contribution in [-0.2, 0) is 4.79 Å². The van der Waals surface area contributed by atoms with Gasteiger partial charge >= 0.3 is 5.51 Å². The Bertz CT molecular complexity index is 535. The van der Waals surface area contributed by atoms with Gasteiger partial charge in [-0.25, -0.2) is 5.43 Å². The second kappa shape index (κ2) is 4.56. The van der Waals surface area contributed by atoms with Gasteiger partial charge in [-0.05, 0) is 43.3 Å². The SMILES string of the molecule is CC1(C)C(=O)NN=C1c1ccc(SC(F)(F)F)cc1. The first kappa shape index (κ1) is 13.9. The molecule has 0 spiro atoms. The van der Waals surface area contributed by atoms with Gasteiger partial charge in [-0.2, -0.15) is 18.3 Å². The highest BCUT2D eigenvalue weighted by molar-refractivity contribution is 8.00. The molecule has 1 aromatic carbocycles. The average molecular weight is 288 g/mol. The summed E-state index contributed by atoms with van der Waals surface area (Å²) in [7, 11) is 0. The Hall–Kier alpha value is -1.50. The van der Waals surface area contributed by atoms with E-state index in [4.69, 9.17) is 0 Å². The molecule has 0 atom stereocenters. The van der Waals surface area contributed by atoms with Gasteiger partial charge < -0.3 is 0 Å². The van der Waals surface area contributed by atoms with Crippen LogP contribution in [0.15, 0.2) is 34.3 Å². The number of carbonyl (C=O) groups is 1. The van der Waals surface area contributed by atoms with E-state index < -0.39 is 10.9 Å². The standard InChI is InChI=1S/C12H11F3N2OS/c1-11(2)9(16-17-10(11)18)7-3-5-8(6-4-7)19-12(13,14)15/h3-6H,1-2H3,(H,17,18). The van der Waals surface area contributed by atoms with Gasteiger partial charge in [0.1, 0.15) is 0 Å². The fourth-order valence-electron chi connectivity index (χ4n) is 1.73. The minimum absolute atomic E-state index is 0.104. The molecule has 19 heavy (non-hydrogen) atoms. The van der Waals surface area contributed by atoms with E-state index in [-0.39, 0.29) is 22.6 Å². The fourth-order valence-corrected chi connectivity index (χ4v) is 2.27. The third-order valence-electron chi connectivity index (χ3n) is 2.79. The number of hydrogen-bond acceptors (Lipinski definition) is 3. The van der Waals surface area contributed by atoms with Crippen LogP contribution in [0.2, 0.25) is 0 Å². The van der Waals surface area contributed by atoms with Crippen molar-refractivity contribution >= 4 is 23.4 Å². The number of nitrogens with zero attached hydrogens (tertiary/aromatic N) is 1. The van der Waals surface area contributed by atoms with Gasteiger partial charge in [0, 0.05) is 4.90 Å². The lowest BCUT2D eigenvalue weighted by molar-refractivity contribution is -0.125. The van der Waals surface area contributed by atoms with Gasteiger partial charge in [0.15, 0.2) is 0 Å². The first-order valence-electron chi connectivity index (χ1n) is 5.45. The summed E-state index contributed by atoms with van der Waals surface area (Å²) in [5, 5.41) is 3.93. The molecule has 1 amide bonds. The Kier molecular flexibility index (Phi) is 3.34. The molecule has 0 aliphatic carbocycles. The van der Waals surface area contributed by atoms with Crippen LogP contribution in [0, 0.1) is 5.41 Å². The average Bonchev–Trinajstić information content (AvgIpc) is 2.53. The zero-order chi connectivity index (χ0) is 14.3. The Balaban J connectivity index is 2.23. The van der Waals surface area contributed by atoms with Crippen molar-refractivity contribution < 1.29 is 18.0 Å². The van der Waals surface area contributed by atoms with Gasteiger partial charge in [-0.15, -0.1) is 0 Å². The highest BCUT2D eigenvalue weighted by atomic mass is 32.2. The number of hydrazone groups is 1. The van der Waals surface area contributed by atoms with E-state index in [1.165, 1.54) is 24.3 Å². The topological polar surface area (TPSA) is 41.5 Å². The van der Waals surface area contributed by atoms with Gasteiger partial charge in [-0.3, -0.25) is 4.79 Å². The molecule has 0 saturated heterocycles. The zero-order valence-corrected chi connectivity index (χ0v) is 11.0. The minimum atomic E-state index is -4.30. The Morgan fingerprint density at radius 2 is 1.79 bits per heavy atom. The molecule has 1 N–H and O–H groups in total. The maximum absolute atomic E-state index is 12.2. The number of amides is 1. The third kappa shape index (κ3) is 2.91. The molecule has 7 heteroatoms. The molecule has 0 saturated carbocycles. The van der Waals surface area contributed by atoms with Crippen LogP contribution in [0.25, 0.3) is 0 Å². The summed E-state index contributed by atoms with van der Waals surface area (Å²) in [5.41, 5.74) is -1.54. The molecule has 0 bridgehead atoms. The molecular formula is C12H11F3N2OS. The van der Waals surface area contributed by atoms with Crippen molar-refractivity contribution in [3.63, 3.8) is 0 Å². The van der Waals surface area contributed by atoms with Gasteiger partial charge in [0.2, 0.25) is 0 Å². The largest absolute Gasteiger partial charge is 0.446 e. The monoisotopic (exact) mass is 288 g/mol. The molecular weight excluding hydrogens is 277 g/mol. The number of hydrogen-bond donors (Lipinski definition) is 1. The number of carbonyl (C=O) groups excluding carboxylic acids is 1. The maximum Gasteiger partial charge on any atom is 0.446 e. The smallest absolute Gasteiger partial charge is 0.272 e. The minimum Gasteiger partial charge on any atom is -0.272 e. The summed E-state index contributed by atoms with van der Waals surface area (Å²) in [6.45, 7) is 3.43. The van der Waals surface area contributed by atoms with Crippen molar-refractivity contribution in [2.24, 2.45) is 10.5 Å². The van der Waals surface area contributed by atoms with Crippen molar-refractivity contribution in [2.75, 3.05) is 0 Å². The van der Waals surface area contributed by atoms with Crippen molar-refractivity contribution in [1.82, 2.24) is 5.43 Å². The van der Waals surface area contributed by atoms with Gasteiger partial charge in [0.25, 0.3) is 5.91 Å². The first-order chi connectivity index (χ1) is 8.70. The normalized spacial score (nSPS) is 18.2. The second-order valence-corrected chi connectivity index (χ2v) is 5.74. The first-order valence-corrected chi connectivity index (χ1v) is 6.26. The number of halogens is 3. The predicted molar refractivity (Wildman–Crippen MR) is 66.8 cm³/mol. The van der Waals surface area contributed by atoms with E-state index >= 15 is 0 Å². The molecule has 0 unspecified atom stereocenters. The quantitative estimate of drug-likeness (QED) is 0.849. The summed E-state index contributed by atoms with van der Waals surface area (Å²) in [6.07, 6.45) is 0. The lowest BCUT2D eigenvalue weighted by atomic mass is 9.84. The number of alkyl halides is 3. The second-order valence-electron chi connectivity index (χ2n) is 4.60. The van der Waals surface area contributed by atoms with Crippen LogP contribution in [-0.4, -0.2) is 17.1 Å². The summed E-state index contributed by atoms with van der Waals surface area (Å²) < 4.78 is 36.6. The number of benzene rings is 1. The molecule has 1 aliphatic rings. The predicted octanol–water partition coefficient (Wildman–Crippen LogP) is 3.16. The number of rotatable bonds is 2. The summed E-state index contributed by atoms with van der Waals surface area (Å²) in [5.74, 6) is -0.226. The lowest BCUT2D eigenvalue weighted by Crippen LogP contribution is -2.32. The van der Waals surface area contributed by atoms with Crippen LogP contribution in [0.5, 0.6) is 0 Å². The Morgan fingerprint density at radius 1 is 1.21 bits per heavy atom. The van der Waals surface area contributed by atoms with E-state index in [1.807, 2.05) is 0 Å². The molecule has 102 valence electrons. The molecule has 1 aromatic rings. The number of nitrogens with one attached hydrogen (secondary N) is 1. The van der Waals surface area contributed by atoms with E-state index in [2.05, 4.69) is 10.5 Å². The number of thioether (sulfide) groups is 1. The molecule has 1 aliphatic heterocycles. The van der Waals surface area contributed by atoms with Gasteiger partial charge in [-0.1, -0.05) is 12.1 Å². The Labute approximate surface area is 112 Å².